The summed E-state index contributed by atoms with van der Waals surface area (Å²) in [5, 5.41) is 5.85. The fourth-order valence-corrected chi connectivity index (χ4v) is 2.87. The molecule has 90 valence electrons. The predicted molar refractivity (Wildman–Crippen MR) is 79.8 cm³/mol. The van der Waals surface area contributed by atoms with Crippen LogP contribution in [0.1, 0.15) is 0 Å². The van der Waals surface area contributed by atoms with Crippen molar-refractivity contribution in [1.82, 2.24) is 8.75 Å². The Morgan fingerprint density at radius 2 is 1.83 bits per heavy atom. The second-order valence-corrected chi connectivity index (χ2v) is 5.41. The summed E-state index contributed by atoms with van der Waals surface area (Å²) in [5.41, 5.74) is 0.961. The van der Waals surface area contributed by atoms with Gasteiger partial charge in [0.15, 0.2) is 11.0 Å². The Labute approximate surface area is 121 Å². The molecule has 0 aliphatic heterocycles. The van der Waals surface area contributed by atoms with Crippen LogP contribution in [0.2, 0.25) is 5.15 Å². The van der Waals surface area contributed by atoms with Crippen LogP contribution >= 0.6 is 39.3 Å². The second-order valence-electron chi connectivity index (χ2n) is 3.67. The van der Waals surface area contributed by atoms with Gasteiger partial charge in [0.1, 0.15) is 0 Å². The van der Waals surface area contributed by atoms with E-state index < -0.39 is 0 Å². The average Bonchev–Trinajstić information content (AvgIpc) is 2.79. The molecule has 6 heteroatoms. The van der Waals surface area contributed by atoms with E-state index in [0.29, 0.717) is 11.0 Å². The van der Waals surface area contributed by atoms with Gasteiger partial charge in [-0.25, -0.2) is 0 Å². The maximum atomic E-state index is 5.94. The van der Waals surface area contributed by atoms with Gasteiger partial charge in [-0.2, -0.15) is 8.75 Å². The van der Waals surface area contributed by atoms with E-state index in [0.717, 1.165) is 32.7 Å². The molecule has 3 nitrogen and oxygen atoms in total. The van der Waals surface area contributed by atoms with Crippen LogP contribution in [0.3, 0.4) is 0 Å². The highest BCUT2D eigenvalue weighted by Gasteiger charge is 2.08. The highest BCUT2D eigenvalue weighted by molar-refractivity contribution is 9.10. The van der Waals surface area contributed by atoms with Crippen molar-refractivity contribution >= 4 is 61.5 Å². The second kappa shape index (κ2) is 4.84. The first-order valence-electron chi connectivity index (χ1n) is 5.18. The monoisotopic (exact) mass is 339 g/mol. The van der Waals surface area contributed by atoms with Gasteiger partial charge in [0.2, 0.25) is 0 Å². The van der Waals surface area contributed by atoms with Gasteiger partial charge in [-0.15, -0.1) is 0 Å². The molecule has 0 saturated heterocycles. The lowest BCUT2D eigenvalue weighted by atomic mass is 10.1. The summed E-state index contributed by atoms with van der Waals surface area (Å²) < 4.78 is 9.11. The maximum absolute atomic E-state index is 5.94. The van der Waals surface area contributed by atoms with Crippen molar-refractivity contribution in [3.8, 4) is 0 Å². The Morgan fingerprint density at radius 3 is 2.56 bits per heavy atom. The molecule has 2 aromatic carbocycles. The van der Waals surface area contributed by atoms with Crippen LogP contribution in [0.15, 0.2) is 40.9 Å². The molecule has 0 atom stereocenters. The first kappa shape index (κ1) is 11.9. The van der Waals surface area contributed by atoms with Crippen LogP contribution in [0.4, 0.5) is 11.5 Å². The van der Waals surface area contributed by atoms with Crippen LogP contribution in [0.25, 0.3) is 10.8 Å². The van der Waals surface area contributed by atoms with Gasteiger partial charge >= 0.3 is 0 Å². The average molecular weight is 341 g/mol. The Hall–Kier alpha value is -1.17. The first-order chi connectivity index (χ1) is 8.75. The highest BCUT2D eigenvalue weighted by atomic mass is 79.9. The molecule has 3 aromatic rings. The topological polar surface area (TPSA) is 37.8 Å². The third-order valence-electron chi connectivity index (χ3n) is 2.57. The van der Waals surface area contributed by atoms with E-state index in [9.17, 15) is 0 Å². The summed E-state index contributed by atoms with van der Waals surface area (Å²) in [5.74, 6) is 0.592. The summed E-state index contributed by atoms with van der Waals surface area (Å²) in [6.45, 7) is 0. The molecule has 0 bridgehead atoms. The fourth-order valence-electron chi connectivity index (χ4n) is 1.75. The number of rotatable bonds is 2. The van der Waals surface area contributed by atoms with Gasteiger partial charge in [0.25, 0.3) is 0 Å². The Balaban J connectivity index is 2.13. The van der Waals surface area contributed by atoms with E-state index in [4.69, 9.17) is 11.6 Å². The minimum Gasteiger partial charge on any atom is -0.336 e. The third-order valence-corrected chi connectivity index (χ3v) is 4.16. The summed E-state index contributed by atoms with van der Waals surface area (Å²) >= 11 is 10.6. The fraction of sp³-hybridized carbons (Fsp3) is 0. The van der Waals surface area contributed by atoms with Crippen molar-refractivity contribution < 1.29 is 0 Å². The minimum absolute atomic E-state index is 0.395. The van der Waals surface area contributed by atoms with E-state index in [-0.39, 0.29) is 0 Å². The largest absolute Gasteiger partial charge is 0.336 e. The number of hydrogen-bond donors (Lipinski definition) is 1. The molecular weight excluding hydrogens is 334 g/mol. The number of halogens is 2. The maximum Gasteiger partial charge on any atom is 0.187 e. The van der Waals surface area contributed by atoms with Gasteiger partial charge in [0, 0.05) is 15.5 Å². The molecule has 0 aliphatic rings. The zero-order valence-corrected chi connectivity index (χ0v) is 12.2. The molecule has 0 amide bonds. The highest BCUT2D eigenvalue weighted by Crippen LogP contribution is 2.32. The zero-order valence-electron chi connectivity index (χ0n) is 9.02. The third kappa shape index (κ3) is 2.09. The smallest absolute Gasteiger partial charge is 0.187 e. The van der Waals surface area contributed by atoms with E-state index in [1.807, 2.05) is 24.3 Å². The predicted octanol–water partition coefficient (Wildman–Crippen LogP) is 4.85. The lowest BCUT2D eigenvalue weighted by Crippen LogP contribution is -1.92. The van der Waals surface area contributed by atoms with Crippen LogP contribution < -0.4 is 5.32 Å². The number of anilines is 2. The lowest BCUT2D eigenvalue weighted by Gasteiger charge is -2.08. The molecule has 0 spiro atoms. The molecule has 1 aromatic heterocycles. The van der Waals surface area contributed by atoms with Crippen LogP contribution in [-0.2, 0) is 0 Å². The molecule has 1 N–H and O–H groups in total. The number of fused-ring (bicyclic) bond motifs is 1. The van der Waals surface area contributed by atoms with Crippen LogP contribution in [0.5, 0.6) is 0 Å². The van der Waals surface area contributed by atoms with E-state index in [2.05, 4.69) is 42.1 Å². The van der Waals surface area contributed by atoms with Crippen molar-refractivity contribution in [2.45, 2.75) is 0 Å². The molecule has 0 unspecified atom stereocenters. The number of nitrogens with zero attached hydrogens (tertiary/aromatic N) is 2. The lowest BCUT2D eigenvalue weighted by molar-refractivity contribution is 1.46. The Morgan fingerprint density at radius 1 is 1.06 bits per heavy atom. The van der Waals surface area contributed by atoms with Crippen molar-refractivity contribution in [1.29, 1.82) is 0 Å². The molecular formula is C12H7BrClN3S. The van der Waals surface area contributed by atoms with Gasteiger partial charge < -0.3 is 5.32 Å². The Kier molecular flexibility index (Phi) is 3.20. The number of aromatic nitrogens is 2. The van der Waals surface area contributed by atoms with Crippen LogP contribution in [0, 0.1) is 0 Å². The SMILES string of the molecule is Clc1nsnc1Nc1ccc(Br)c2ccccc12. The molecule has 0 fully saturated rings. The van der Waals surface area contributed by atoms with Crippen LogP contribution in [-0.4, -0.2) is 8.75 Å². The summed E-state index contributed by atoms with van der Waals surface area (Å²) in [6.07, 6.45) is 0. The van der Waals surface area contributed by atoms with Gasteiger partial charge in [-0.05, 0) is 17.5 Å². The van der Waals surface area contributed by atoms with E-state index in [1.54, 1.807) is 0 Å². The van der Waals surface area contributed by atoms with Gasteiger partial charge in [-0.1, -0.05) is 51.8 Å². The number of nitrogens with one attached hydrogen (secondary N) is 1. The normalized spacial score (nSPS) is 10.8. The molecule has 18 heavy (non-hydrogen) atoms. The van der Waals surface area contributed by atoms with Gasteiger partial charge in [0.05, 0.1) is 11.7 Å². The summed E-state index contributed by atoms with van der Waals surface area (Å²) in [4.78, 5) is 0. The molecule has 0 saturated carbocycles. The zero-order chi connectivity index (χ0) is 12.5. The summed E-state index contributed by atoms with van der Waals surface area (Å²) in [7, 11) is 0. The number of hydrogen-bond acceptors (Lipinski definition) is 4. The Bertz CT molecular complexity index is 713. The van der Waals surface area contributed by atoms with Crippen molar-refractivity contribution in [3.05, 3.63) is 46.0 Å². The van der Waals surface area contributed by atoms with E-state index >= 15 is 0 Å². The summed E-state index contributed by atoms with van der Waals surface area (Å²) in [6, 6.07) is 12.1. The quantitative estimate of drug-likeness (QED) is 0.724. The number of benzene rings is 2. The van der Waals surface area contributed by atoms with E-state index in [1.165, 1.54) is 0 Å². The van der Waals surface area contributed by atoms with Crippen molar-refractivity contribution in [3.63, 3.8) is 0 Å². The minimum atomic E-state index is 0.395. The first-order valence-corrected chi connectivity index (χ1v) is 7.08. The molecule has 0 radical (unpaired) electrons. The van der Waals surface area contributed by atoms with Crippen molar-refractivity contribution in [2.75, 3.05) is 5.32 Å². The molecule has 0 aliphatic carbocycles. The standard InChI is InChI=1S/C12H7BrClN3S/c13-9-5-6-10(8-4-2-1-3-7(8)9)15-12-11(14)16-18-17-12/h1-6H,(H,15,17). The molecule has 3 rings (SSSR count). The molecule has 1 heterocycles. The van der Waals surface area contributed by atoms with Crippen molar-refractivity contribution in [2.24, 2.45) is 0 Å². The van der Waals surface area contributed by atoms with Gasteiger partial charge in [-0.3, -0.25) is 0 Å².